The van der Waals surface area contributed by atoms with Gasteiger partial charge in [0.05, 0.1) is 36.4 Å². The van der Waals surface area contributed by atoms with Crippen LogP contribution in [0.15, 0.2) is 41.2 Å². The van der Waals surface area contributed by atoms with E-state index < -0.39 is 29.0 Å². The van der Waals surface area contributed by atoms with Gasteiger partial charge in [-0.05, 0) is 12.1 Å². The fourth-order valence-corrected chi connectivity index (χ4v) is 3.16. The van der Waals surface area contributed by atoms with Crippen molar-refractivity contribution in [1.82, 2.24) is 14.6 Å². The molecule has 4 rings (SSSR count). The lowest BCUT2D eigenvalue weighted by atomic mass is 10.1. The van der Waals surface area contributed by atoms with Gasteiger partial charge in [0.1, 0.15) is 0 Å². The molecule has 2 aromatic carbocycles. The zero-order valence-electron chi connectivity index (χ0n) is 16.2. The van der Waals surface area contributed by atoms with Crippen LogP contribution >= 0.6 is 0 Å². The molecule has 0 fully saturated rings. The molecule has 10 heteroatoms. The number of nitrogens with zero attached hydrogens (tertiary/aromatic N) is 3. The van der Waals surface area contributed by atoms with Crippen molar-refractivity contribution in [3.05, 3.63) is 63.6 Å². The molecule has 0 saturated heterocycles. The van der Waals surface area contributed by atoms with Crippen LogP contribution in [-0.4, -0.2) is 46.6 Å². The Hall–Kier alpha value is -4.21. The SMILES string of the molecule is COc1cc2nc(C(=O)ON3C(=O)c4ccccc4C3=O)c(=O)n(C)c2cc1OC. The molecule has 152 valence electrons. The summed E-state index contributed by atoms with van der Waals surface area (Å²) in [5.41, 5.74) is -0.512. The van der Waals surface area contributed by atoms with Crippen molar-refractivity contribution in [2.75, 3.05) is 14.2 Å². The second kappa shape index (κ2) is 6.99. The Bertz CT molecular complexity index is 1260. The maximum Gasteiger partial charge on any atom is 0.387 e. The zero-order chi connectivity index (χ0) is 21.6. The van der Waals surface area contributed by atoms with E-state index in [0.29, 0.717) is 22.1 Å². The lowest BCUT2D eigenvalue weighted by Gasteiger charge is -2.14. The first-order chi connectivity index (χ1) is 14.4. The summed E-state index contributed by atoms with van der Waals surface area (Å²) in [5.74, 6) is -2.11. The molecule has 0 bridgehead atoms. The van der Waals surface area contributed by atoms with Crippen LogP contribution in [0.5, 0.6) is 11.5 Å². The van der Waals surface area contributed by atoms with Crippen LogP contribution in [-0.2, 0) is 11.9 Å². The largest absolute Gasteiger partial charge is 0.493 e. The van der Waals surface area contributed by atoms with Gasteiger partial charge in [-0.3, -0.25) is 14.4 Å². The summed E-state index contributed by atoms with van der Waals surface area (Å²) in [4.78, 5) is 59.1. The monoisotopic (exact) mass is 409 g/mol. The Morgan fingerprint density at radius 3 is 2.07 bits per heavy atom. The number of fused-ring (bicyclic) bond motifs is 2. The average Bonchev–Trinajstić information content (AvgIpc) is 3.00. The predicted octanol–water partition coefficient (Wildman–Crippen LogP) is 1.32. The number of carbonyl (C=O) groups excluding carboxylic acids is 3. The highest BCUT2D eigenvalue weighted by Crippen LogP contribution is 2.31. The first-order valence-corrected chi connectivity index (χ1v) is 8.70. The van der Waals surface area contributed by atoms with Gasteiger partial charge < -0.3 is 18.9 Å². The minimum absolute atomic E-state index is 0.103. The number of methoxy groups -OCH3 is 2. The number of rotatable bonds is 4. The molecule has 3 aromatic rings. The fraction of sp³-hybridized carbons (Fsp3) is 0.150. The maximum atomic E-state index is 12.7. The molecule has 2 amide bonds. The molecule has 0 aliphatic carbocycles. The van der Waals surface area contributed by atoms with E-state index in [2.05, 4.69) is 4.98 Å². The summed E-state index contributed by atoms with van der Waals surface area (Å²) in [6, 6.07) is 9.08. The van der Waals surface area contributed by atoms with Gasteiger partial charge in [-0.15, -0.1) is 0 Å². The highest BCUT2D eigenvalue weighted by molar-refractivity contribution is 6.21. The van der Waals surface area contributed by atoms with Crippen LogP contribution in [0.2, 0.25) is 0 Å². The number of hydroxylamine groups is 2. The number of imide groups is 1. The number of benzene rings is 2. The van der Waals surface area contributed by atoms with Gasteiger partial charge >= 0.3 is 5.97 Å². The molecule has 1 aromatic heterocycles. The Morgan fingerprint density at radius 2 is 1.50 bits per heavy atom. The molecule has 0 spiro atoms. The first-order valence-electron chi connectivity index (χ1n) is 8.70. The lowest BCUT2D eigenvalue weighted by Crippen LogP contribution is -2.36. The minimum atomic E-state index is -1.23. The van der Waals surface area contributed by atoms with E-state index in [1.807, 2.05) is 0 Å². The van der Waals surface area contributed by atoms with E-state index in [9.17, 15) is 19.2 Å². The molecule has 30 heavy (non-hydrogen) atoms. The van der Waals surface area contributed by atoms with Crippen LogP contribution in [0.1, 0.15) is 31.2 Å². The summed E-state index contributed by atoms with van der Waals surface area (Å²) in [5, 5.41) is 0.326. The molecule has 0 unspecified atom stereocenters. The number of amides is 2. The second-order valence-electron chi connectivity index (χ2n) is 6.35. The smallest absolute Gasteiger partial charge is 0.387 e. The average molecular weight is 409 g/mol. The highest BCUT2D eigenvalue weighted by Gasteiger charge is 2.39. The Kier molecular flexibility index (Phi) is 4.46. The van der Waals surface area contributed by atoms with Gasteiger partial charge in [0, 0.05) is 19.2 Å². The Labute approximate surface area is 169 Å². The van der Waals surface area contributed by atoms with Crippen molar-refractivity contribution in [3.63, 3.8) is 0 Å². The third-order valence-electron chi connectivity index (χ3n) is 4.71. The molecule has 2 heterocycles. The highest BCUT2D eigenvalue weighted by atomic mass is 16.7. The van der Waals surface area contributed by atoms with Gasteiger partial charge in [-0.1, -0.05) is 17.2 Å². The Balaban J connectivity index is 1.74. The number of ether oxygens (including phenoxy) is 2. The van der Waals surface area contributed by atoms with Gasteiger partial charge in [0.15, 0.2) is 11.5 Å². The summed E-state index contributed by atoms with van der Waals surface area (Å²) in [7, 11) is 4.32. The van der Waals surface area contributed by atoms with E-state index in [1.165, 1.54) is 44.0 Å². The second-order valence-corrected chi connectivity index (χ2v) is 6.35. The zero-order valence-corrected chi connectivity index (χ0v) is 16.2. The Morgan fingerprint density at radius 1 is 0.933 bits per heavy atom. The van der Waals surface area contributed by atoms with Crippen molar-refractivity contribution in [1.29, 1.82) is 0 Å². The van der Waals surface area contributed by atoms with Crippen LogP contribution in [0.4, 0.5) is 0 Å². The molecular formula is C20H15N3O7. The van der Waals surface area contributed by atoms with E-state index in [1.54, 1.807) is 18.2 Å². The molecule has 1 aliphatic heterocycles. The first kappa shape index (κ1) is 19.1. The maximum absolute atomic E-state index is 12.7. The quantitative estimate of drug-likeness (QED) is 0.592. The van der Waals surface area contributed by atoms with Crippen LogP contribution in [0.3, 0.4) is 0 Å². The van der Waals surface area contributed by atoms with Crippen LogP contribution < -0.4 is 15.0 Å². The summed E-state index contributed by atoms with van der Waals surface area (Å²) in [6.07, 6.45) is 0. The van der Waals surface area contributed by atoms with E-state index >= 15 is 0 Å². The number of aromatic nitrogens is 2. The molecule has 0 N–H and O–H groups in total. The predicted molar refractivity (Wildman–Crippen MR) is 102 cm³/mol. The topological polar surface area (TPSA) is 117 Å². The lowest BCUT2D eigenvalue weighted by molar-refractivity contribution is -0.0589. The van der Waals surface area contributed by atoms with E-state index in [4.69, 9.17) is 14.3 Å². The van der Waals surface area contributed by atoms with Crippen molar-refractivity contribution < 1.29 is 28.7 Å². The number of hydrogen-bond donors (Lipinski definition) is 0. The summed E-state index contributed by atoms with van der Waals surface area (Å²) >= 11 is 0. The van der Waals surface area contributed by atoms with Gasteiger partial charge in [-0.2, -0.15) is 0 Å². The molecule has 0 saturated carbocycles. The molecule has 10 nitrogen and oxygen atoms in total. The normalized spacial score (nSPS) is 12.8. The minimum Gasteiger partial charge on any atom is -0.493 e. The van der Waals surface area contributed by atoms with Crippen molar-refractivity contribution in [3.8, 4) is 11.5 Å². The van der Waals surface area contributed by atoms with Crippen LogP contribution in [0.25, 0.3) is 11.0 Å². The number of carbonyl (C=O) groups is 3. The third kappa shape index (κ3) is 2.77. The van der Waals surface area contributed by atoms with Gasteiger partial charge in [0.2, 0.25) is 5.69 Å². The van der Waals surface area contributed by atoms with Crippen molar-refractivity contribution >= 4 is 28.8 Å². The molecule has 0 atom stereocenters. The summed E-state index contributed by atoms with van der Waals surface area (Å²) < 4.78 is 11.6. The third-order valence-corrected chi connectivity index (χ3v) is 4.71. The van der Waals surface area contributed by atoms with Crippen LogP contribution in [0, 0.1) is 0 Å². The number of aryl methyl sites for hydroxylation is 1. The van der Waals surface area contributed by atoms with Gasteiger partial charge in [-0.25, -0.2) is 9.78 Å². The standard InChI is InChI=1S/C20H15N3O7/c1-22-13-9-15(29-3)14(28-2)8-12(13)21-16(19(22)26)20(27)30-23-17(24)10-6-4-5-7-11(10)18(23)25/h4-9H,1-3H3. The van der Waals surface area contributed by atoms with Crippen molar-refractivity contribution in [2.24, 2.45) is 7.05 Å². The molecule has 1 aliphatic rings. The van der Waals surface area contributed by atoms with Gasteiger partial charge in [0.25, 0.3) is 17.4 Å². The van der Waals surface area contributed by atoms with E-state index in [-0.39, 0.29) is 16.6 Å². The summed E-state index contributed by atoms with van der Waals surface area (Å²) in [6.45, 7) is 0. The van der Waals surface area contributed by atoms with Crippen molar-refractivity contribution in [2.45, 2.75) is 0 Å². The van der Waals surface area contributed by atoms with E-state index in [0.717, 1.165) is 0 Å². The fourth-order valence-electron chi connectivity index (χ4n) is 3.16. The molecule has 0 radical (unpaired) electrons. The number of hydrogen-bond acceptors (Lipinski definition) is 8. The molecular weight excluding hydrogens is 394 g/mol.